The fraction of sp³-hybridized carbons (Fsp3) is 0.667. The summed E-state index contributed by atoms with van der Waals surface area (Å²) in [6.07, 6.45) is -1.42. The lowest BCUT2D eigenvalue weighted by molar-refractivity contribution is -0.137. The minimum Gasteiger partial charge on any atom is -0.387 e. The van der Waals surface area contributed by atoms with Crippen LogP contribution in [0.1, 0.15) is 50.5 Å². The Morgan fingerprint density at radius 2 is 1.75 bits per heavy atom. The second-order valence-electron chi connectivity index (χ2n) is 6.09. The highest BCUT2D eigenvalue weighted by Gasteiger charge is 2.33. The summed E-state index contributed by atoms with van der Waals surface area (Å²) in [6, 6.07) is 2.28. The van der Waals surface area contributed by atoms with Crippen molar-refractivity contribution in [1.29, 1.82) is 0 Å². The second-order valence-corrected chi connectivity index (χ2v) is 6.09. The van der Waals surface area contributed by atoms with Gasteiger partial charge in [0.15, 0.2) is 0 Å². The van der Waals surface area contributed by atoms with Crippen molar-refractivity contribution >= 4 is 0 Å². The highest BCUT2D eigenvalue weighted by Crippen LogP contribution is 2.39. The lowest BCUT2D eigenvalue weighted by Gasteiger charge is -2.34. The first-order valence-electron chi connectivity index (χ1n) is 6.98. The van der Waals surface area contributed by atoms with Gasteiger partial charge < -0.3 is 5.11 Å². The van der Waals surface area contributed by atoms with E-state index in [0.717, 1.165) is 31.5 Å². The number of hydrogen-bond acceptors (Lipinski definition) is 2. The van der Waals surface area contributed by atoms with Crippen LogP contribution in [0.25, 0.3) is 0 Å². The molecule has 1 fully saturated rings. The number of hydrogen-bond donors (Lipinski definition) is 1. The fourth-order valence-corrected chi connectivity index (χ4v) is 3.26. The molecular formula is C15H20F3NO. The molecule has 1 aliphatic rings. The van der Waals surface area contributed by atoms with Gasteiger partial charge in [-0.2, -0.15) is 13.2 Å². The maximum absolute atomic E-state index is 12.5. The van der Waals surface area contributed by atoms with Crippen LogP contribution in [0.3, 0.4) is 0 Å². The van der Waals surface area contributed by atoms with Crippen LogP contribution in [0.4, 0.5) is 13.2 Å². The number of aliphatic hydroxyl groups excluding tert-OH is 1. The average molecular weight is 287 g/mol. The van der Waals surface area contributed by atoms with Crippen LogP contribution in [0.15, 0.2) is 18.3 Å². The molecule has 1 N–H and O–H groups in total. The molecule has 3 unspecified atom stereocenters. The predicted molar refractivity (Wildman–Crippen MR) is 69.9 cm³/mol. The Balaban J connectivity index is 2.11. The minimum atomic E-state index is -4.38. The van der Waals surface area contributed by atoms with E-state index in [4.69, 9.17) is 0 Å². The van der Waals surface area contributed by atoms with E-state index in [-0.39, 0.29) is 5.92 Å². The van der Waals surface area contributed by atoms with Crippen LogP contribution in [0.5, 0.6) is 0 Å². The number of aromatic nitrogens is 1. The van der Waals surface area contributed by atoms with Gasteiger partial charge in [-0.25, -0.2) is 0 Å². The van der Waals surface area contributed by atoms with Gasteiger partial charge in [0.2, 0.25) is 0 Å². The van der Waals surface area contributed by atoms with Gasteiger partial charge in [0.1, 0.15) is 0 Å². The van der Waals surface area contributed by atoms with Crippen molar-refractivity contribution in [1.82, 2.24) is 4.98 Å². The normalized spacial score (nSPS) is 29.2. The van der Waals surface area contributed by atoms with Gasteiger partial charge in [0.25, 0.3) is 0 Å². The van der Waals surface area contributed by atoms with E-state index >= 15 is 0 Å². The molecule has 1 aromatic rings. The number of nitrogens with zero attached hydrogens (tertiary/aromatic N) is 1. The SMILES string of the molecule is CC1CC(C)CC(C(O)c2ccc(C(F)(F)F)cn2)C1. The van der Waals surface area contributed by atoms with Crippen molar-refractivity contribution in [2.24, 2.45) is 17.8 Å². The van der Waals surface area contributed by atoms with Crippen molar-refractivity contribution in [3.05, 3.63) is 29.6 Å². The second kappa shape index (κ2) is 5.72. The van der Waals surface area contributed by atoms with Gasteiger partial charge in [-0.05, 0) is 49.1 Å². The summed E-state index contributed by atoms with van der Waals surface area (Å²) in [7, 11) is 0. The zero-order valence-corrected chi connectivity index (χ0v) is 11.7. The van der Waals surface area contributed by atoms with Crippen molar-refractivity contribution < 1.29 is 18.3 Å². The molecule has 1 saturated carbocycles. The molecule has 1 aliphatic carbocycles. The molecule has 112 valence electrons. The Labute approximate surface area is 117 Å². The lowest BCUT2D eigenvalue weighted by atomic mass is 9.74. The molecular weight excluding hydrogens is 267 g/mol. The fourth-order valence-electron chi connectivity index (χ4n) is 3.26. The van der Waals surface area contributed by atoms with Crippen molar-refractivity contribution in [3.8, 4) is 0 Å². The van der Waals surface area contributed by atoms with Gasteiger partial charge >= 0.3 is 6.18 Å². The van der Waals surface area contributed by atoms with E-state index in [1.54, 1.807) is 0 Å². The lowest BCUT2D eigenvalue weighted by Crippen LogP contribution is -2.25. The van der Waals surface area contributed by atoms with E-state index < -0.39 is 17.8 Å². The molecule has 20 heavy (non-hydrogen) atoms. The number of alkyl halides is 3. The van der Waals surface area contributed by atoms with E-state index in [0.29, 0.717) is 17.5 Å². The Bertz CT molecular complexity index is 433. The maximum Gasteiger partial charge on any atom is 0.417 e. The Morgan fingerprint density at radius 1 is 1.15 bits per heavy atom. The number of aliphatic hydroxyl groups is 1. The van der Waals surface area contributed by atoms with Gasteiger partial charge in [0, 0.05) is 6.20 Å². The topological polar surface area (TPSA) is 33.1 Å². The predicted octanol–water partition coefficient (Wildman–Crippen LogP) is 4.21. The number of rotatable bonds is 2. The Morgan fingerprint density at radius 3 is 2.20 bits per heavy atom. The summed E-state index contributed by atoms with van der Waals surface area (Å²) in [5.41, 5.74) is -0.442. The monoisotopic (exact) mass is 287 g/mol. The molecule has 1 aromatic heterocycles. The van der Waals surface area contributed by atoms with Crippen molar-refractivity contribution in [2.75, 3.05) is 0 Å². The van der Waals surface area contributed by atoms with Crippen LogP contribution in [-0.4, -0.2) is 10.1 Å². The van der Waals surface area contributed by atoms with E-state index in [1.807, 2.05) is 0 Å². The Hall–Kier alpha value is -1.10. The van der Waals surface area contributed by atoms with Crippen molar-refractivity contribution in [2.45, 2.75) is 45.4 Å². The van der Waals surface area contributed by atoms with Crippen LogP contribution in [0, 0.1) is 17.8 Å². The third kappa shape index (κ3) is 3.51. The molecule has 0 radical (unpaired) electrons. The smallest absolute Gasteiger partial charge is 0.387 e. The highest BCUT2D eigenvalue weighted by molar-refractivity contribution is 5.18. The third-order valence-electron chi connectivity index (χ3n) is 4.08. The minimum absolute atomic E-state index is 0.0815. The van der Waals surface area contributed by atoms with E-state index in [2.05, 4.69) is 18.8 Å². The van der Waals surface area contributed by atoms with Crippen molar-refractivity contribution in [3.63, 3.8) is 0 Å². The highest BCUT2D eigenvalue weighted by atomic mass is 19.4. The molecule has 2 nitrogen and oxygen atoms in total. The zero-order chi connectivity index (χ0) is 14.9. The quantitative estimate of drug-likeness (QED) is 0.884. The van der Waals surface area contributed by atoms with E-state index in [1.165, 1.54) is 6.07 Å². The standard InChI is InChI=1S/C15H20F3NO/c1-9-5-10(2)7-11(6-9)14(20)13-4-3-12(8-19-13)15(16,17)18/h3-4,8-11,14,20H,5-7H2,1-2H3. The Kier molecular flexibility index (Phi) is 4.37. The molecule has 0 spiro atoms. The summed E-state index contributed by atoms with van der Waals surface area (Å²) < 4.78 is 37.4. The molecule has 0 aromatic carbocycles. The number of halogens is 3. The van der Waals surface area contributed by atoms with Crippen LogP contribution >= 0.6 is 0 Å². The number of pyridine rings is 1. The first-order valence-corrected chi connectivity index (χ1v) is 6.98. The summed E-state index contributed by atoms with van der Waals surface area (Å²) >= 11 is 0. The molecule has 0 bridgehead atoms. The van der Waals surface area contributed by atoms with Crippen LogP contribution < -0.4 is 0 Å². The largest absolute Gasteiger partial charge is 0.417 e. The molecule has 2 rings (SSSR count). The molecule has 0 aliphatic heterocycles. The molecule has 0 saturated heterocycles. The van der Waals surface area contributed by atoms with Gasteiger partial charge in [-0.3, -0.25) is 4.98 Å². The average Bonchev–Trinajstić information content (AvgIpc) is 2.36. The third-order valence-corrected chi connectivity index (χ3v) is 4.08. The van der Waals surface area contributed by atoms with Gasteiger partial charge in [0.05, 0.1) is 17.4 Å². The maximum atomic E-state index is 12.5. The van der Waals surface area contributed by atoms with Crippen LogP contribution in [0.2, 0.25) is 0 Å². The molecule has 3 atom stereocenters. The summed E-state index contributed by atoms with van der Waals surface area (Å²) in [5.74, 6) is 1.15. The van der Waals surface area contributed by atoms with Crippen LogP contribution in [-0.2, 0) is 6.18 Å². The molecule has 5 heteroatoms. The molecule has 1 heterocycles. The summed E-state index contributed by atoms with van der Waals surface area (Å²) in [4.78, 5) is 3.80. The molecule has 0 amide bonds. The summed E-state index contributed by atoms with van der Waals surface area (Å²) in [6.45, 7) is 4.30. The van der Waals surface area contributed by atoms with E-state index in [9.17, 15) is 18.3 Å². The first-order chi connectivity index (χ1) is 9.27. The summed E-state index contributed by atoms with van der Waals surface area (Å²) in [5, 5.41) is 10.3. The first kappa shape index (κ1) is 15.3. The van der Waals surface area contributed by atoms with Gasteiger partial charge in [-0.15, -0.1) is 0 Å². The van der Waals surface area contributed by atoms with Gasteiger partial charge in [-0.1, -0.05) is 13.8 Å². The zero-order valence-electron chi connectivity index (χ0n) is 11.7.